The molecule has 6 nitrogen and oxygen atoms in total. The van der Waals surface area contributed by atoms with Crippen molar-refractivity contribution in [3.05, 3.63) is 71.7 Å². The Morgan fingerprint density at radius 3 is 2.63 bits per heavy atom. The molecule has 0 saturated heterocycles. The fraction of sp³-hybridized carbons (Fsp3) is 0.250. The number of para-hydroxylation sites is 1. The van der Waals surface area contributed by atoms with Gasteiger partial charge in [0.05, 0.1) is 5.52 Å². The molecule has 30 heavy (non-hydrogen) atoms. The molecule has 0 unspecified atom stereocenters. The van der Waals surface area contributed by atoms with Crippen molar-refractivity contribution in [3.8, 4) is 11.4 Å². The number of hydrogen-bond acceptors (Lipinski definition) is 6. The summed E-state index contributed by atoms with van der Waals surface area (Å²) < 4.78 is 0. The summed E-state index contributed by atoms with van der Waals surface area (Å²) in [6, 6.07) is 14.4. The number of hydrogen-bond donors (Lipinski definition) is 1. The second kappa shape index (κ2) is 7.71. The van der Waals surface area contributed by atoms with Crippen LogP contribution >= 0.6 is 0 Å². The molecule has 0 spiro atoms. The molecule has 6 heteroatoms. The van der Waals surface area contributed by atoms with Gasteiger partial charge in [0.25, 0.3) is 0 Å². The molecule has 1 aliphatic carbocycles. The Morgan fingerprint density at radius 2 is 1.80 bits per heavy atom. The summed E-state index contributed by atoms with van der Waals surface area (Å²) in [5.74, 6) is 2.65. The van der Waals surface area contributed by atoms with Gasteiger partial charge >= 0.3 is 0 Å². The van der Waals surface area contributed by atoms with E-state index in [9.17, 15) is 0 Å². The summed E-state index contributed by atoms with van der Waals surface area (Å²) in [7, 11) is 4.04. The zero-order chi connectivity index (χ0) is 20.5. The van der Waals surface area contributed by atoms with Crippen molar-refractivity contribution < 1.29 is 0 Å². The Balaban J connectivity index is 1.52. The highest BCUT2D eigenvalue weighted by Crippen LogP contribution is 2.30. The third-order valence-electron chi connectivity index (χ3n) is 5.56. The number of anilines is 2. The summed E-state index contributed by atoms with van der Waals surface area (Å²) >= 11 is 0. The molecule has 0 bridgehead atoms. The van der Waals surface area contributed by atoms with E-state index in [2.05, 4.69) is 34.6 Å². The van der Waals surface area contributed by atoms with Crippen molar-refractivity contribution in [3.63, 3.8) is 0 Å². The predicted molar refractivity (Wildman–Crippen MR) is 121 cm³/mol. The summed E-state index contributed by atoms with van der Waals surface area (Å²) in [5.41, 5.74) is 5.62. The molecule has 5 rings (SSSR count). The number of nitrogens with one attached hydrogen (secondary N) is 1. The van der Waals surface area contributed by atoms with E-state index in [4.69, 9.17) is 15.0 Å². The van der Waals surface area contributed by atoms with E-state index < -0.39 is 0 Å². The van der Waals surface area contributed by atoms with Gasteiger partial charge in [-0.25, -0.2) is 15.0 Å². The van der Waals surface area contributed by atoms with E-state index in [-0.39, 0.29) is 0 Å². The number of nitrogens with zero attached hydrogens (tertiary/aromatic N) is 5. The molecular formula is C24H24N6. The minimum Gasteiger partial charge on any atom is -0.366 e. The Kier molecular flexibility index (Phi) is 4.75. The number of benzene rings is 1. The zero-order valence-corrected chi connectivity index (χ0v) is 17.3. The molecule has 0 atom stereocenters. The van der Waals surface area contributed by atoms with Crippen LogP contribution in [-0.4, -0.2) is 34.0 Å². The maximum absolute atomic E-state index is 4.89. The van der Waals surface area contributed by atoms with Gasteiger partial charge in [0.1, 0.15) is 11.6 Å². The van der Waals surface area contributed by atoms with E-state index in [0.29, 0.717) is 6.54 Å². The first-order chi connectivity index (χ1) is 14.7. The third kappa shape index (κ3) is 3.45. The molecular weight excluding hydrogens is 372 g/mol. The Bertz CT molecular complexity index is 1200. The monoisotopic (exact) mass is 396 g/mol. The maximum Gasteiger partial charge on any atom is 0.161 e. The van der Waals surface area contributed by atoms with Crippen LogP contribution in [-0.2, 0) is 19.4 Å². The normalized spacial score (nSPS) is 12.7. The summed E-state index contributed by atoms with van der Waals surface area (Å²) in [6.45, 7) is 0.684. The van der Waals surface area contributed by atoms with E-state index in [1.165, 1.54) is 11.1 Å². The van der Waals surface area contributed by atoms with Gasteiger partial charge in [-0.15, -0.1) is 0 Å². The molecule has 1 aromatic carbocycles. The van der Waals surface area contributed by atoms with Crippen molar-refractivity contribution in [1.82, 2.24) is 19.9 Å². The molecule has 0 saturated carbocycles. The number of pyridine rings is 2. The first-order valence-corrected chi connectivity index (χ1v) is 10.3. The van der Waals surface area contributed by atoms with Crippen LogP contribution in [0.2, 0.25) is 0 Å². The van der Waals surface area contributed by atoms with Gasteiger partial charge in [0.15, 0.2) is 5.82 Å². The molecule has 0 fully saturated rings. The Morgan fingerprint density at radius 1 is 0.967 bits per heavy atom. The van der Waals surface area contributed by atoms with Gasteiger partial charge in [0, 0.05) is 55.2 Å². The standard InChI is InChI=1S/C24H24N6/c1-30(2)22-14-17(18-6-3-4-8-20(18)27-22)15-26-24-19-7-5-9-21(19)28-23(29-24)16-10-12-25-13-11-16/h3-4,6,8,10-14H,5,7,9,15H2,1-2H3,(H,26,28,29). The van der Waals surface area contributed by atoms with Crippen molar-refractivity contribution in [2.75, 3.05) is 24.3 Å². The Hall–Kier alpha value is -3.54. The SMILES string of the molecule is CN(C)c1cc(CNc2nc(-c3ccncc3)nc3c2CCC3)c2ccccc2n1. The van der Waals surface area contributed by atoms with E-state index in [0.717, 1.165) is 58.9 Å². The van der Waals surface area contributed by atoms with Gasteiger partial charge in [0.2, 0.25) is 0 Å². The van der Waals surface area contributed by atoms with Crippen LogP contribution in [0.5, 0.6) is 0 Å². The van der Waals surface area contributed by atoms with Crippen molar-refractivity contribution in [1.29, 1.82) is 0 Å². The second-order valence-corrected chi connectivity index (χ2v) is 7.82. The summed E-state index contributed by atoms with van der Waals surface area (Å²) in [6.07, 6.45) is 6.72. The lowest BCUT2D eigenvalue weighted by Gasteiger charge is -2.17. The van der Waals surface area contributed by atoms with E-state index in [1.807, 2.05) is 37.2 Å². The predicted octanol–water partition coefficient (Wildman–Crippen LogP) is 4.25. The number of aromatic nitrogens is 4. The molecule has 0 radical (unpaired) electrons. The van der Waals surface area contributed by atoms with Crippen molar-refractivity contribution in [2.45, 2.75) is 25.8 Å². The number of aryl methyl sites for hydroxylation is 1. The minimum atomic E-state index is 0.684. The summed E-state index contributed by atoms with van der Waals surface area (Å²) in [5, 5.41) is 4.78. The van der Waals surface area contributed by atoms with Crippen LogP contribution < -0.4 is 10.2 Å². The quantitative estimate of drug-likeness (QED) is 0.544. The number of fused-ring (bicyclic) bond motifs is 2. The molecule has 0 aliphatic heterocycles. The maximum atomic E-state index is 4.89. The van der Waals surface area contributed by atoms with Gasteiger partial charge < -0.3 is 10.2 Å². The molecule has 1 aliphatic rings. The first-order valence-electron chi connectivity index (χ1n) is 10.3. The van der Waals surface area contributed by atoms with Crippen molar-refractivity contribution >= 4 is 22.5 Å². The highest BCUT2D eigenvalue weighted by Gasteiger charge is 2.20. The molecule has 150 valence electrons. The molecule has 3 aromatic heterocycles. The van der Waals surface area contributed by atoms with Crippen LogP contribution in [0.25, 0.3) is 22.3 Å². The van der Waals surface area contributed by atoms with Crippen LogP contribution in [0.15, 0.2) is 54.9 Å². The van der Waals surface area contributed by atoms with Gasteiger partial charge in [-0.1, -0.05) is 18.2 Å². The van der Waals surface area contributed by atoms with Crippen LogP contribution in [0.1, 0.15) is 23.2 Å². The largest absolute Gasteiger partial charge is 0.366 e. The lowest BCUT2D eigenvalue weighted by Crippen LogP contribution is -2.13. The topological polar surface area (TPSA) is 66.8 Å². The van der Waals surface area contributed by atoms with Crippen molar-refractivity contribution in [2.24, 2.45) is 0 Å². The van der Waals surface area contributed by atoms with E-state index >= 15 is 0 Å². The highest BCUT2D eigenvalue weighted by molar-refractivity contribution is 5.84. The lowest BCUT2D eigenvalue weighted by atomic mass is 10.1. The van der Waals surface area contributed by atoms with E-state index in [1.54, 1.807) is 12.4 Å². The van der Waals surface area contributed by atoms with Gasteiger partial charge in [-0.2, -0.15) is 0 Å². The van der Waals surface area contributed by atoms with Crippen LogP contribution in [0.4, 0.5) is 11.6 Å². The van der Waals surface area contributed by atoms with Gasteiger partial charge in [-0.3, -0.25) is 4.98 Å². The molecule has 1 N–H and O–H groups in total. The molecule has 4 aromatic rings. The fourth-order valence-electron chi connectivity index (χ4n) is 4.00. The second-order valence-electron chi connectivity index (χ2n) is 7.82. The van der Waals surface area contributed by atoms with Crippen LogP contribution in [0.3, 0.4) is 0 Å². The lowest BCUT2D eigenvalue weighted by molar-refractivity contribution is 0.899. The minimum absolute atomic E-state index is 0.684. The van der Waals surface area contributed by atoms with Gasteiger partial charge in [-0.05, 0) is 49.1 Å². The van der Waals surface area contributed by atoms with Crippen LogP contribution in [0, 0.1) is 0 Å². The average molecular weight is 396 g/mol. The molecule has 3 heterocycles. The number of rotatable bonds is 5. The molecule has 0 amide bonds. The first kappa shape index (κ1) is 18.5. The Labute approximate surface area is 176 Å². The smallest absolute Gasteiger partial charge is 0.161 e. The fourth-order valence-corrected chi connectivity index (χ4v) is 4.00. The average Bonchev–Trinajstić information content (AvgIpc) is 3.26. The highest BCUT2D eigenvalue weighted by atomic mass is 15.1. The zero-order valence-electron chi connectivity index (χ0n) is 17.3. The third-order valence-corrected chi connectivity index (χ3v) is 5.56. The summed E-state index contributed by atoms with van der Waals surface area (Å²) in [4.78, 5) is 20.6.